The third-order valence-electron chi connectivity index (χ3n) is 2.89. The maximum absolute atomic E-state index is 11.8. The van der Waals surface area contributed by atoms with E-state index in [1.807, 2.05) is 0 Å². The zero-order chi connectivity index (χ0) is 17.6. The standard InChI is InChI=1S/C14H19N3O5S/c1-9-4-5-10(11(6-9)17(21)22)16-13(19)12(18)15-7-14(2,20)8-23-3/h4-6,20H,7-8H2,1-3H3,(H,15,18)(H,16,19). The van der Waals surface area contributed by atoms with E-state index in [9.17, 15) is 24.8 Å². The van der Waals surface area contributed by atoms with E-state index in [1.54, 1.807) is 19.2 Å². The van der Waals surface area contributed by atoms with Crippen LogP contribution >= 0.6 is 11.8 Å². The summed E-state index contributed by atoms with van der Waals surface area (Å²) in [6, 6.07) is 4.25. The number of nitro groups is 1. The van der Waals surface area contributed by atoms with Gasteiger partial charge in [-0.05, 0) is 31.7 Å². The van der Waals surface area contributed by atoms with Gasteiger partial charge in [-0.2, -0.15) is 11.8 Å². The fourth-order valence-corrected chi connectivity index (χ4v) is 2.51. The highest BCUT2D eigenvalue weighted by Crippen LogP contribution is 2.25. The second kappa shape index (κ2) is 7.93. The van der Waals surface area contributed by atoms with Crippen molar-refractivity contribution in [3.8, 4) is 0 Å². The summed E-state index contributed by atoms with van der Waals surface area (Å²) >= 11 is 1.40. The number of anilines is 1. The van der Waals surface area contributed by atoms with Crippen LogP contribution in [0.25, 0.3) is 0 Å². The minimum absolute atomic E-state index is 0.0587. The third kappa shape index (κ3) is 5.87. The molecule has 3 N–H and O–H groups in total. The molecule has 1 aromatic carbocycles. The molecule has 0 bridgehead atoms. The molecule has 2 amide bonds. The van der Waals surface area contributed by atoms with Crippen LogP contribution in [0.4, 0.5) is 11.4 Å². The summed E-state index contributed by atoms with van der Waals surface area (Å²) in [5, 5.41) is 25.4. The maximum atomic E-state index is 11.8. The van der Waals surface area contributed by atoms with E-state index < -0.39 is 22.3 Å². The van der Waals surface area contributed by atoms with Crippen LogP contribution in [-0.4, -0.2) is 46.0 Å². The second-order valence-corrected chi connectivity index (χ2v) is 6.21. The minimum Gasteiger partial charge on any atom is -0.387 e. The van der Waals surface area contributed by atoms with Crippen LogP contribution < -0.4 is 10.6 Å². The van der Waals surface area contributed by atoms with Crippen molar-refractivity contribution in [1.29, 1.82) is 0 Å². The van der Waals surface area contributed by atoms with Crippen LogP contribution in [0.1, 0.15) is 12.5 Å². The molecule has 0 radical (unpaired) electrons. The van der Waals surface area contributed by atoms with Crippen molar-refractivity contribution in [2.45, 2.75) is 19.4 Å². The normalized spacial score (nSPS) is 13.0. The monoisotopic (exact) mass is 341 g/mol. The molecule has 9 heteroatoms. The van der Waals surface area contributed by atoms with Gasteiger partial charge in [0, 0.05) is 18.4 Å². The molecule has 1 rings (SSSR count). The number of nitrogens with zero attached hydrogens (tertiary/aromatic N) is 1. The highest BCUT2D eigenvalue weighted by atomic mass is 32.2. The third-order valence-corrected chi connectivity index (χ3v) is 3.80. The quantitative estimate of drug-likeness (QED) is 0.404. The number of carbonyl (C=O) groups is 2. The van der Waals surface area contributed by atoms with Crippen LogP contribution in [0.2, 0.25) is 0 Å². The molecule has 0 aliphatic heterocycles. The van der Waals surface area contributed by atoms with Gasteiger partial charge in [-0.25, -0.2) is 0 Å². The molecule has 0 aliphatic rings. The van der Waals surface area contributed by atoms with Gasteiger partial charge in [0.1, 0.15) is 5.69 Å². The molecule has 1 unspecified atom stereocenters. The van der Waals surface area contributed by atoms with Crippen LogP contribution in [-0.2, 0) is 9.59 Å². The van der Waals surface area contributed by atoms with Gasteiger partial charge in [-0.15, -0.1) is 0 Å². The number of thioether (sulfide) groups is 1. The minimum atomic E-state index is -1.15. The van der Waals surface area contributed by atoms with Gasteiger partial charge < -0.3 is 15.7 Å². The SMILES string of the molecule is CSCC(C)(O)CNC(=O)C(=O)Nc1ccc(C)cc1[N+](=O)[O-]. The number of carbonyl (C=O) groups excluding carboxylic acids is 2. The summed E-state index contributed by atoms with van der Waals surface area (Å²) in [5.74, 6) is -1.61. The molecule has 1 aromatic rings. The van der Waals surface area contributed by atoms with E-state index >= 15 is 0 Å². The van der Waals surface area contributed by atoms with E-state index in [4.69, 9.17) is 0 Å². The van der Waals surface area contributed by atoms with Crippen molar-refractivity contribution in [3.63, 3.8) is 0 Å². The van der Waals surface area contributed by atoms with Crippen molar-refractivity contribution in [2.75, 3.05) is 23.9 Å². The number of aliphatic hydroxyl groups is 1. The average molecular weight is 341 g/mol. The molecule has 1 atom stereocenters. The number of aryl methyl sites for hydroxylation is 1. The summed E-state index contributed by atoms with van der Waals surface area (Å²) in [5.41, 5.74) is -0.838. The average Bonchev–Trinajstić information content (AvgIpc) is 2.46. The van der Waals surface area contributed by atoms with E-state index in [2.05, 4.69) is 10.6 Å². The number of rotatable bonds is 6. The molecule has 0 aromatic heterocycles. The number of nitrogens with one attached hydrogen (secondary N) is 2. The molecule has 126 valence electrons. The van der Waals surface area contributed by atoms with Crippen molar-refractivity contribution in [2.24, 2.45) is 0 Å². The van der Waals surface area contributed by atoms with Crippen LogP contribution in [0.15, 0.2) is 18.2 Å². The Labute approximate surface area is 137 Å². The maximum Gasteiger partial charge on any atom is 0.313 e. The van der Waals surface area contributed by atoms with Crippen LogP contribution in [0, 0.1) is 17.0 Å². The van der Waals surface area contributed by atoms with E-state index in [0.717, 1.165) is 0 Å². The number of benzene rings is 1. The second-order valence-electron chi connectivity index (χ2n) is 5.34. The summed E-state index contributed by atoms with van der Waals surface area (Å²) in [6.45, 7) is 3.11. The molecule has 0 aliphatic carbocycles. The fraction of sp³-hybridized carbons (Fsp3) is 0.429. The summed E-state index contributed by atoms with van der Waals surface area (Å²) < 4.78 is 0. The molecular weight excluding hydrogens is 322 g/mol. The Bertz CT molecular complexity index is 618. The number of hydrogen-bond acceptors (Lipinski definition) is 6. The molecule has 0 heterocycles. The molecule has 0 saturated carbocycles. The predicted molar refractivity (Wildman–Crippen MR) is 88.5 cm³/mol. The zero-order valence-corrected chi connectivity index (χ0v) is 13.9. The Morgan fingerprint density at radius 2 is 2.04 bits per heavy atom. The lowest BCUT2D eigenvalue weighted by molar-refractivity contribution is -0.384. The molecule has 0 fully saturated rings. The van der Waals surface area contributed by atoms with Crippen molar-refractivity contribution >= 4 is 35.0 Å². The first-order valence-corrected chi connectivity index (χ1v) is 8.11. The molecule has 23 heavy (non-hydrogen) atoms. The van der Waals surface area contributed by atoms with Crippen molar-refractivity contribution < 1.29 is 19.6 Å². The summed E-state index contributed by atoms with van der Waals surface area (Å²) in [4.78, 5) is 33.9. The van der Waals surface area contributed by atoms with Gasteiger partial charge in [-0.3, -0.25) is 19.7 Å². The topological polar surface area (TPSA) is 122 Å². The Morgan fingerprint density at radius 3 is 2.61 bits per heavy atom. The van der Waals surface area contributed by atoms with Crippen LogP contribution in [0.3, 0.4) is 0 Å². The summed E-state index contributed by atoms with van der Waals surface area (Å²) in [7, 11) is 0. The number of hydrogen-bond donors (Lipinski definition) is 3. The highest BCUT2D eigenvalue weighted by Gasteiger charge is 2.24. The first-order valence-electron chi connectivity index (χ1n) is 6.72. The van der Waals surface area contributed by atoms with Crippen molar-refractivity contribution in [1.82, 2.24) is 5.32 Å². The largest absolute Gasteiger partial charge is 0.387 e. The van der Waals surface area contributed by atoms with E-state index in [1.165, 1.54) is 30.8 Å². The molecule has 8 nitrogen and oxygen atoms in total. The van der Waals surface area contributed by atoms with Crippen molar-refractivity contribution in [3.05, 3.63) is 33.9 Å². The number of nitro benzene ring substituents is 1. The highest BCUT2D eigenvalue weighted by molar-refractivity contribution is 7.98. The van der Waals surface area contributed by atoms with Gasteiger partial charge in [0.15, 0.2) is 0 Å². The van der Waals surface area contributed by atoms with E-state index in [-0.39, 0.29) is 17.9 Å². The predicted octanol–water partition coefficient (Wildman–Crippen LogP) is 1.07. The first-order chi connectivity index (χ1) is 10.7. The Balaban J connectivity index is 2.73. The Kier molecular flexibility index (Phi) is 6.52. The fourth-order valence-electron chi connectivity index (χ4n) is 1.79. The summed E-state index contributed by atoms with van der Waals surface area (Å²) in [6.07, 6.45) is 1.81. The smallest absolute Gasteiger partial charge is 0.313 e. The van der Waals surface area contributed by atoms with Gasteiger partial charge in [-0.1, -0.05) is 6.07 Å². The van der Waals surface area contributed by atoms with Crippen LogP contribution in [0.5, 0.6) is 0 Å². The van der Waals surface area contributed by atoms with Gasteiger partial charge in [0.25, 0.3) is 5.69 Å². The lowest BCUT2D eigenvalue weighted by Crippen LogP contribution is -2.45. The Hall–Kier alpha value is -2.13. The zero-order valence-electron chi connectivity index (χ0n) is 13.1. The first kappa shape index (κ1) is 18.9. The lowest BCUT2D eigenvalue weighted by Gasteiger charge is -2.22. The lowest BCUT2D eigenvalue weighted by atomic mass is 10.1. The number of amides is 2. The van der Waals surface area contributed by atoms with E-state index in [0.29, 0.717) is 11.3 Å². The van der Waals surface area contributed by atoms with Gasteiger partial charge in [0.05, 0.1) is 10.5 Å². The molecular formula is C14H19N3O5S. The molecule has 0 saturated heterocycles. The molecule has 0 spiro atoms. The Morgan fingerprint density at radius 1 is 1.39 bits per heavy atom. The van der Waals surface area contributed by atoms with Gasteiger partial charge in [0.2, 0.25) is 0 Å². The van der Waals surface area contributed by atoms with Gasteiger partial charge >= 0.3 is 11.8 Å².